The standard InChI is InChI=1S/C11H11F3O4/c1-5-3-7(15)9(10(16)17)8(4-5)18-6(2)11(12,13)14/h3-4,6,15H,1-2H3,(H,16,17)/t6-/m1/s1. The molecule has 0 saturated carbocycles. The van der Waals surface area contributed by atoms with E-state index in [2.05, 4.69) is 4.74 Å². The van der Waals surface area contributed by atoms with E-state index in [4.69, 9.17) is 5.11 Å². The van der Waals surface area contributed by atoms with Gasteiger partial charge in [-0.05, 0) is 31.5 Å². The lowest BCUT2D eigenvalue weighted by Crippen LogP contribution is -2.31. The smallest absolute Gasteiger partial charge is 0.425 e. The van der Waals surface area contributed by atoms with Crippen LogP contribution < -0.4 is 4.74 Å². The van der Waals surface area contributed by atoms with Crippen LogP contribution in [0.5, 0.6) is 11.5 Å². The first-order chi connectivity index (χ1) is 8.12. The molecule has 0 aliphatic carbocycles. The number of carbonyl (C=O) groups is 1. The SMILES string of the molecule is Cc1cc(O)c(C(=O)O)c(O[C@H](C)C(F)(F)F)c1. The second kappa shape index (κ2) is 4.75. The number of aromatic carboxylic acids is 1. The van der Waals surface area contributed by atoms with Crippen molar-refractivity contribution in [3.05, 3.63) is 23.3 Å². The van der Waals surface area contributed by atoms with Crippen LogP contribution in [0.15, 0.2) is 12.1 Å². The average Bonchev–Trinajstić information content (AvgIpc) is 2.13. The Morgan fingerprint density at radius 1 is 1.39 bits per heavy atom. The first-order valence-corrected chi connectivity index (χ1v) is 4.93. The van der Waals surface area contributed by atoms with Gasteiger partial charge in [0.1, 0.15) is 17.1 Å². The van der Waals surface area contributed by atoms with E-state index in [1.54, 1.807) is 0 Å². The number of carboxylic acid groups (broad SMARTS) is 1. The van der Waals surface area contributed by atoms with Crippen LogP contribution in [0.25, 0.3) is 0 Å². The van der Waals surface area contributed by atoms with Crippen molar-refractivity contribution in [2.24, 2.45) is 0 Å². The molecule has 1 atom stereocenters. The number of phenols is 1. The number of alkyl halides is 3. The third-order valence-electron chi connectivity index (χ3n) is 2.20. The van der Waals surface area contributed by atoms with Crippen LogP contribution in [0, 0.1) is 6.92 Å². The highest BCUT2D eigenvalue weighted by molar-refractivity contribution is 5.94. The molecular weight excluding hydrogens is 253 g/mol. The Morgan fingerprint density at radius 2 is 1.94 bits per heavy atom. The van der Waals surface area contributed by atoms with Gasteiger partial charge in [-0.1, -0.05) is 0 Å². The number of hydrogen-bond donors (Lipinski definition) is 2. The average molecular weight is 264 g/mol. The van der Waals surface area contributed by atoms with E-state index < -0.39 is 35.3 Å². The third kappa shape index (κ3) is 3.06. The van der Waals surface area contributed by atoms with Gasteiger partial charge in [-0.15, -0.1) is 0 Å². The highest BCUT2D eigenvalue weighted by atomic mass is 19.4. The summed E-state index contributed by atoms with van der Waals surface area (Å²) in [5.41, 5.74) is -0.293. The van der Waals surface area contributed by atoms with Crippen molar-refractivity contribution in [3.63, 3.8) is 0 Å². The number of aryl methyl sites for hydroxylation is 1. The summed E-state index contributed by atoms with van der Waals surface area (Å²) in [6, 6.07) is 2.26. The summed E-state index contributed by atoms with van der Waals surface area (Å²) in [5.74, 6) is -2.70. The summed E-state index contributed by atoms with van der Waals surface area (Å²) < 4.78 is 41.6. The van der Waals surface area contributed by atoms with Gasteiger partial charge in [0.25, 0.3) is 0 Å². The highest BCUT2D eigenvalue weighted by Gasteiger charge is 2.39. The molecule has 0 fully saturated rings. The van der Waals surface area contributed by atoms with Gasteiger partial charge in [0.15, 0.2) is 6.10 Å². The monoisotopic (exact) mass is 264 g/mol. The normalized spacial score (nSPS) is 13.2. The summed E-state index contributed by atoms with van der Waals surface area (Å²) in [4.78, 5) is 10.9. The lowest BCUT2D eigenvalue weighted by molar-refractivity contribution is -0.189. The van der Waals surface area contributed by atoms with Gasteiger partial charge >= 0.3 is 12.1 Å². The molecule has 0 unspecified atom stereocenters. The molecule has 0 aliphatic heterocycles. The van der Waals surface area contributed by atoms with E-state index >= 15 is 0 Å². The minimum atomic E-state index is -4.62. The first-order valence-electron chi connectivity index (χ1n) is 4.93. The highest BCUT2D eigenvalue weighted by Crippen LogP contribution is 2.33. The van der Waals surface area contributed by atoms with E-state index in [1.165, 1.54) is 6.92 Å². The number of benzene rings is 1. The minimum absolute atomic E-state index is 0.391. The molecular formula is C11H11F3O4. The Hall–Kier alpha value is -1.92. The van der Waals surface area contributed by atoms with Crippen molar-refractivity contribution in [1.82, 2.24) is 0 Å². The second-order valence-electron chi connectivity index (χ2n) is 3.76. The van der Waals surface area contributed by atoms with Gasteiger partial charge < -0.3 is 14.9 Å². The minimum Gasteiger partial charge on any atom is -0.507 e. The molecule has 0 amide bonds. The number of halogens is 3. The quantitative estimate of drug-likeness (QED) is 0.880. The van der Waals surface area contributed by atoms with Gasteiger partial charge in [0.05, 0.1) is 0 Å². The second-order valence-corrected chi connectivity index (χ2v) is 3.76. The predicted octanol–water partition coefficient (Wildman–Crippen LogP) is 2.73. The van der Waals surface area contributed by atoms with Crippen molar-refractivity contribution >= 4 is 5.97 Å². The molecule has 0 radical (unpaired) electrons. The van der Waals surface area contributed by atoms with Crippen LogP contribution in [-0.4, -0.2) is 28.5 Å². The molecule has 1 rings (SSSR count). The molecule has 0 saturated heterocycles. The van der Waals surface area contributed by atoms with Crippen LogP contribution in [0.4, 0.5) is 13.2 Å². The maximum Gasteiger partial charge on any atom is 0.425 e. The van der Waals surface area contributed by atoms with Crippen molar-refractivity contribution in [2.75, 3.05) is 0 Å². The van der Waals surface area contributed by atoms with E-state index in [0.29, 0.717) is 5.56 Å². The number of rotatable bonds is 3. The number of hydrogen-bond acceptors (Lipinski definition) is 3. The summed E-state index contributed by atoms with van der Waals surface area (Å²) >= 11 is 0. The first kappa shape index (κ1) is 14.1. The Labute approximate surface area is 101 Å². The molecule has 0 aromatic heterocycles. The van der Waals surface area contributed by atoms with Crippen LogP contribution in [0.1, 0.15) is 22.8 Å². The summed E-state index contributed by atoms with van der Waals surface area (Å²) in [5, 5.41) is 18.2. The molecule has 100 valence electrons. The van der Waals surface area contributed by atoms with Gasteiger partial charge in [-0.3, -0.25) is 0 Å². The van der Waals surface area contributed by atoms with Crippen LogP contribution >= 0.6 is 0 Å². The van der Waals surface area contributed by atoms with E-state index in [0.717, 1.165) is 19.1 Å². The Morgan fingerprint density at radius 3 is 2.39 bits per heavy atom. The van der Waals surface area contributed by atoms with E-state index in [9.17, 15) is 23.1 Å². The van der Waals surface area contributed by atoms with Crippen molar-refractivity contribution in [1.29, 1.82) is 0 Å². The Balaban J connectivity index is 3.19. The third-order valence-corrected chi connectivity index (χ3v) is 2.20. The summed E-state index contributed by atoms with van der Waals surface area (Å²) in [6.07, 6.45) is -6.79. The molecule has 1 aromatic rings. The van der Waals surface area contributed by atoms with Crippen LogP contribution in [-0.2, 0) is 0 Å². The zero-order valence-corrected chi connectivity index (χ0v) is 9.58. The molecule has 0 bridgehead atoms. The zero-order chi connectivity index (χ0) is 14.1. The van der Waals surface area contributed by atoms with Gasteiger partial charge in [-0.25, -0.2) is 4.79 Å². The van der Waals surface area contributed by atoms with E-state index in [1.807, 2.05) is 0 Å². The number of aromatic hydroxyl groups is 1. The molecule has 7 heteroatoms. The number of ether oxygens (including phenoxy) is 1. The van der Waals surface area contributed by atoms with Crippen LogP contribution in [0.2, 0.25) is 0 Å². The fraction of sp³-hybridized carbons (Fsp3) is 0.364. The lowest BCUT2D eigenvalue weighted by Gasteiger charge is -2.19. The fourth-order valence-electron chi connectivity index (χ4n) is 1.30. The van der Waals surface area contributed by atoms with Crippen LogP contribution in [0.3, 0.4) is 0 Å². The molecule has 0 heterocycles. The molecule has 0 spiro atoms. The van der Waals surface area contributed by atoms with E-state index in [-0.39, 0.29) is 0 Å². The summed E-state index contributed by atoms with van der Waals surface area (Å²) in [6.45, 7) is 2.25. The number of carboxylic acids is 1. The Kier molecular flexibility index (Phi) is 3.73. The largest absolute Gasteiger partial charge is 0.507 e. The molecule has 2 N–H and O–H groups in total. The summed E-state index contributed by atoms with van der Waals surface area (Å²) in [7, 11) is 0. The van der Waals surface area contributed by atoms with Crippen molar-refractivity contribution < 1.29 is 32.9 Å². The topological polar surface area (TPSA) is 66.8 Å². The van der Waals surface area contributed by atoms with Gasteiger partial charge in [0, 0.05) is 0 Å². The molecule has 4 nitrogen and oxygen atoms in total. The van der Waals surface area contributed by atoms with Crippen molar-refractivity contribution in [3.8, 4) is 11.5 Å². The Bertz CT molecular complexity index is 468. The molecule has 1 aromatic carbocycles. The lowest BCUT2D eigenvalue weighted by atomic mass is 10.1. The predicted molar refractivity (Wildman–Crippen MR) is 55.9 cm³/mol. The molecule has 0 aliphatic rings. The fourth-order valence-corrected chi connectivity index (χ4v) is 1.30. The maximum absolute atomic E-state index is 12.3. The van der Waals surface area contributed by atoms with Gasteiger partial charge in [0.2, 0.25) is 0 Å². The molecule has 18 heavy (non-hydrogen) atoms. The maximum atomic E-state index is 12.3. The van der Waals surface area contributed by atoms with Gasteiger partial charge in [-0.2, -0.15) is 13.2 Å². The zero-order valence-electron chi connectivity index (χ0n) is 9.58. The van der Waals surface area contributed by atoms with Crippen molar-refractivity contribution in [2.45, 2.75) is 26.1 Å².